The largest absolute Gasteiger partial charge is 0.462 e. The molecule has 1 saturated carbocycles. The second kappa shape index (κ2) is 3.37. The average Bonchev–Trinajstić information content (AvgIpc) is 2.31. The van der Waals surface area contributed by atoms with Gasteiger partial charge in [0.15, 0.2) is 0 Å². The molecule has 2 bridgehead atoms. The van der Waals surface area contributed by atoms with Crippen LogP contribution >= 0.6 is 0 Å². The van der Waals surface area contributed by atoms with Gasteiger partial charge in [-0.3, -0.25) is 4.79 Å². The van der Waals surface area contributed by atoms with E-state index in [0.29, 0.717) is 5.92 Å². The lowest BCUT2D eigenvalue weighted by Gasteiger charge is -2.41. The summed E-state index contributed by atoms with van der Waals surface area (Å²) in [6.07, 6.45) is 3.17. The number of benzene rings is 1. The number of ether oxygens (including phenoxy) is 1. The summed E-state index contributed by atoms with van der Waals surface area (Å²) in [5.74, 6) is 0.612. The second-order valence-electron chi connectivity index (χ2n) is 4.50. The fraction of sp³-hybridized carbons (Fsp3) is 0.462. The van der Waals surface area contributed by atoms with E-state index in [-0.39, 0.29) is 18.0 Å². The molecule has 1 aromatic rings. The summed E-state index contributed by atoms with van der Waals surface area (Å²) in [6.45, 7) is 0. The highest BCUT2D eigenvalue weighted by atomic mass is 16.5. The lowest BCUT2D eigenvalue weighted by atomic mass is 9.74. The Morgan fingerprint density at radius 2 is 1.93 bits per heavy atom. The summed E-state index contributed by atoms with van der Waals surface area (Å²) < 4.78 is 5.41. The van der Waals surface area contributed by atoms with Crippen LogP contribution in [-0.4, -0.2) is 12.1 Å². The molecule has 0 amide bonds. The summed E-state index contributed by atoms with van der Waals surface area (Å²) in [5, 5.41) is 0. The van der Waals surface area contributed by atoms with E-state index in [1.54, 1.807) is 0 Å². The van der Waals surface area contributed by atoms with Gasteiger partial charge in [-0.1, -0.05) is 30.3 Å². The first-order valence-electron chi connectivity index (χ1n) is 5.60. The third-order valence-electron chi connectivity index (χ3n) is 3.62. The van der Waals surface area contributed by atoms with Crippen LogP contribution in [0, 0.1) is 5.92 Å². The molecule has 0 radical (unpaired) electrons. The Morgan fingerprint density at radius 1 is 1.13 bits per heavy atom. The summed E-state index contributed by atoms with van der Waals surface area (Å²) in [6, 6.07) is 10.4. The minimum atomic E-state index is 0.0263. The lowest BCUT2D eigenvalue weighted by Crippen LogP contribution is -2.42. The molecule has 1 aliphatic carbocycles. The Balaban J connectivity index is 1.88. The molecule has 2 nitrogen and oxygen atoms in total. The van der Waals surface area contributed by atoms with E-state index in [1.807, 2.05) is 6.07 Å². The SMILES string of the molecule is O=C1O[C@H]2CC[C@@H]1C[C@@H]2c1ccccc1. The molecular formula is C13H14O2. The zero-order valence-electron chi connectivity index (χ0n) is 8.56. The van der Waals surface area contributed by atoms with Gasteiger partial charge in [-0.05, 0) is 24.8 Å². The zero-order valence-corrected chi connectivity index (χ0v) is 8.56. The zero-order chi connectivity index (χ0) is 10.3. The third kappa shape index (κ3) is 1.44. The van der Waals surface area contributed by atoms with E-state index in [2.05, 4.69) is 24.3 Å². The highest BCUT2D eigenvalue weighted by Gasteiger charge is 2.43. The first-order valence-corrected chi connectivity index (χ1v) is 5.60. The first-order chi connectivity index (χ1) is 7.34. The van der Waals surface area contributed by atoms with Crippen LogP contribution in [0.1, 0.15) is 30.7 Å². The van der Waals surface area contributed by atoms with Crippen LogP contribution in [0.3, 0.4) is 0 Å². The molecule has 0 spiro atoms. The molecule has 2 heteroatoms. The van der Waals surface area contributed by atoms with Crippen molar-refractivity contribution in [2.45, 2.75) is 31.3 Å². The van der Waals surface area contributed by atoms with Crippen LogP contribution in [0.25, 0.3) is 0 Å². The van der Waals surface area contributed by atoms with Gasteiger partial charge in [0, 0.05) is 5.92 Å². The monoisotopic (exact) mass is 202 g/mol. The predicted molar refractivity (Wildman–Crippen MR) is 56.4 cm³/mol. The Hall–Kier alpha value is -1.31. The molecule has 3 fully saturated rings. The number of hydrogen-bond acceptors (Lipinski definition) is 2. The van der Waals surface area contributed by atoms with E-state index in [1.165, 1.54) is 5.56 Å². The van der Waals surface area contributed by atoms with Crippen molar-refractivity contribution < 1.29 is 9.53 Å². The van der Waals surface area contributed by atoms with Crippen molar-refractivity contribution in [3.8, 4) is 0 Å². The summed E-state index contributed by atoms with van der Waals surface area (Å²) in [5.41, 5.74) is 1.32. The molecule has 2 aliphatic heterocycles. The van der Waals surface area contributed by atoms with E-state index in [9.17, 15) is 4.79 Å². The second-order valence-corrected chi connectivity index (χ2v) is 4.50. The first kappa shape index (κ1) is 8.96. The molecule has 2 saturated heterocycles. The van der Waals surface area contributed by atoms with E-state index < -0.39 is 0 Å². The van der Waals surface area contributed by atoms with Crippen molar-refractivity contribution in [1.82, 2.24) is 0 Å². The predicted octanol–water partition coefficient (Wildman–Crippen LogP) is 2.50. The summed E-state index contributed by atoms with van der Waals surface area (Å²) in [4.78, 5) is 11.4. The standard InChI is InChI=1S/C13H14O2/c14-13-10-6-7-12(15-13)11(8-10)9-4-2-1-3-5-9/h1-5,10-12H,6-8H2/t10-,11-,12+/m1/s1. The number of hydrogen-bond donors (Lipinski definition) is 0. The van der Waals surface area contributed by atoms with Gasteiger partial charge >= 0.3 is 5.97 Å². The number of carbonyl (C=O) groups is 1. The Labute approximate surface area is 89.2 Å². The van der Waals surface area contributed by atoms with Gasteiger partial charge < -0.3 is 4.74 Å². The lowest BCUT2D eigenvalue weighted by molar-refractivity contribution is -0.170. The Morgan fingerprint density at radius 3 is 2.53 bits per heavy atom. The maximum absolute atomic E-state index is 11.4. The van der Waals surface area contributed by atoms with Gasteiger partial charge in [-0.15, -0.1) is 0 Å². The van der Waals surface area contributed by atoms with Crippen LogP contribution in [0.4, 0.5) is 0 Å². The van der Waals surface area contributed by atoms with E-state index >= 15 is 0 Å². The molecule has 15 heavy (non-hydrogen) atoms. The van der Waals surface area contributed by atoms with Gasteiger partial charge in [-0.2, -0.15) is 0 Å². The summed E-state index contributed by atoms with van der Waals surface area (Å²) in [7, 11) is 0. The average molecular weight is 202 g/mol. The van der Waals surface area contributed by atoms with Gasteiger partial charge in [0.2, 0.25) is 0 Å². The van der Waals surface area contributed by atoms with Crippen LogP contribution in [0.5, 0.6) is 0 Å². The molecule has 2 heterocycles. The quantitative estimate of drug-likeness (QED) is 0.654. The Bertz CT molecular complexity index is 371. The third-order valence-corrected chi connectivity index (χ3v) is 3.62. The van der Waals surface area contributed by atoms with Crippen LogP contribution in [0.2, 0.25) is 0 Å². The van der Waals surface area contributed by atoms with Crippen LogP contribution < -0.4 is 0 Å². The fourth-order valence-electron chi connectivity index (χ4n) is 2.79. The van der Waals surface area contributed by atoms with Crippen molar-refractivity contribution in [2.24, 2.45) is 5.92 Å². The number of fused-ring (bicyclic) bond motifs is 3. The summed E-state index contributed by atoms with van der Waals surface area (Å²) >= 11 is 0. The minimum absolute atomic E-state index is 0.0263. The van der Waals surface area contributed by atoms with E-state index in [4.69, 9.17) is 4.74 Å². The minimum Gasteiger partial charge on any atom is -0.462 e. The van der Waals surface area contributed by atoms with Crippen LogP contribution in [-0.2, 0) is 9.53 Å². The maximum Gasteiger partial charge on any atom is 0.309 e. The number of rotatable bonds is 1. The number of carbonyl (C=O) groups excluding carboxylic acids is 1. The molecular weight excluding hydrogens is 188 g/mol. The van der Waals surface area contributed by atoms with Crippen molar-refractivity contribution in [3.05, 3.63) is 35.9 Å². The molecule has 0 N–H and O–H groups in total. The molecule has 0 unspecified atom stereocenters. The highest BCUT2D eigenvalue weighted by molar-refractivity contribution is 5.74. The van der Waals surface area contributed by atoms with Crippen molar-refractivity contribution in [1.29, 1.82) is 0 Å². The fourth-order valence-corrected chi connectivity index (χ4v) is 2.79. The highest BCUT2D eigenvalue weighted by Crippen LogP contribution is 2.43. The molecule has 1 aromatic carbocycles. The molecule has 0 aromatic heterocycles. The smallest absolute Gasteiger partial charge is 0.309 e. The molecule has 3 atom stereocenters. The van der Waals surface area contributed by atoms with Crippen molar-refractivity contribution >= 4 is 5.97 Å². The van der Waals surface area contributed by atoms with Gasteiger partial charge in [0.25, 0.3) is 0 Å². The van der Waals surface area contributed by atoms with Crippen molar-refractivity contribution in [3.63, 3.8) is 0 Å². The normalized spacial score (nSPS) is 33.9. The topological polar surface area (TPSA) is 26.3 Å². The van der Waals surface area contributed by atoms with Gasteiger partial charge in [-0.25, -0.2) is 0 Å². The number of esters is 1. The van der Waals surface area contributed by atoms with Crippen LogP contribution in [0.15, 0.2) is 30.3 Å². The molecule has 78 valence electrons. The molecule has 4 rings (SSSR count). The van der Waals surface area contributed by atoms with E-state index in [0.717, 1.165) is 19.3 Å². The van der Waals surface area contributed by atoms with Gasteiger partial charge in [0.1, 0.15) is 6.10 Å². The molecule has 3 aliphatic rings. The Kier molecular flexibility index (Phi) is 2.01. The van der Waals surface area contributed by atoms with Crippen molar-refractivity contribution in [2.75, 3.05) is 0 Å². The maximum atomic E-state index is 11.4. The van der Waals surface area contributed by atoms with Gasteiger partial charge in [0.05, 0.1) is 5.92 Å².